The lowest BCUT2D eigenvalue weighted by molar-refractivity contribution is -0.385. The predicted molar refractivity (Wildman–Crippen MR) is 58.8 cm³/mol. The molecule has 0 unspecified atom stereocenters. The molecule has 0 aliphatic rings. The Labute approximate surface area is 103 Å². The molecule has 15 heavy (non-hydrogen) atoms. The molecule has 0 aliphatic heterocycles. The molecule has 0 N–H and O–H groups in total. The van der Waals surface area contributed by atoms with E-state index in [1.807, 2.05) is 0 Å². The van der Waals surface area contributed by atoms with Crippen molar-refractivity contribution in [1.29, 1.82) is 0 Å². The van der Waals surface area contributed by atoms with Gasteiger partial charge >= 0.3 is 0 Å². The molecular formula is C6H2BrCl2NO4S. The van der Waals surface area contributed by atoms with Crippen molar-refractivity contribution in [2.24, 2.45) is 0 Å². The third kappa shape index (κ3) is 2.60. The molecule has 1 aromatic rings. The number of hydrogen-bond donors (Lipinski definition) is 0. The van der Waals surface area contributed by atoms with Gasteiger partial charge in [0, 0.05) is 16.7 Å². The van der Waals surface area contributed by atoms with Gasteiger partial charge in [0.25, 0.3) is 14.7 Å². The Balaban J connectivity index is 3.66. The molecule has 0 aliphatic carbocycles. The lowest BCUT2D eigenvalue weighted by atomic mass is 10.3. The van der Waals surface area contributed by atoms with Gasteiger partial charge in [0.05, 0.1) is 9.95 Å². The van der Waals surface area contributed by atoms with Crippen LogP contribution < -0.4 is 0 Å². The van der Waals surface area contributed by atoms with Crippen LogP contribution in [-0.2, 0) is 9.05 Å². The Hall–Kier alpha value is -0.370. The highest BCUT2D eigenvalue weighted by atomic mass is 79.9. The molecule has 0 aromatic heterocycles. The summed E-state index contributed by atoms with van der Waals surface area (Å²) in [5.41, 5.74) is -0.418. The highest BCUT2D eigenvalue weighted by Gasteiger charge is 2.25. The van der Waals surface area contributed by atoms with Gasteiger partial charge in [0.15, 0.2) is 0 Å². The molecule has 0 atom stereocenters. The number of hydrogen-bond acceptors (Lipinski definition) is 4. The maximum atomic E-state index is 11.1. The second kappa shape index (κ2) is 4.25. The Morgan fingerprint density at radius 1 is 1.40 bits per heavy atom. The summed E-state index contributed by atoms with van der Waals surface area (Å²) in [7, 11) is 0.950. The fraction of sp³-hybridized carbons (Fsp3) is 0. The molecule has 0 saturated carbocycles. The summed E-state index contributed by atoms with van der Waals surface area (Å²) >= 11 is 8.35. The minimum absolute atomic E-state index is 0.178. The van der Waals surface area contributed by atoms with Crippen LogP contribution in [0, 0.1) is 10.1 Å². The number of nitrogens with zero attached hydrogens (tertiary/aromatic N) is 1. The standard InChI is InChI=1S/C6H2BrCl2NO4S/c7-5-4(10(11)12)2-1-3(8)6(5)15(9,13)14/h1-2H. The second-order valence-corrected chi connectivity index (χ2v) is 6.11. The van der Waals surface area contributed by atoms with E-state index in [9.17, 15) is 18.5 Å². The van der Waals surface area contributed by atoms with Crippen LogP contribution in [0.4, 0.5) is 5.69 Å². The van der Waals surface area contributed by atoms with Crippen molar-refractivity contribution in [2.75, 3.05) is 0 Å². The molecule has 0 radical (unpaired) electrons. The third-order valence-electron chi connectivity index (χ3n) is 1.47. The van der Waals surface area contributed by atoms with Crippen LogP contribution in [0.5, 0.6) is 0 Å². The number of nitro benzene ring substituents is 1. The van der Waals surface area contributed by atoms with Crippen molar-refractivity contribution >= 4 is 53.0 Å². The minimum Gasteiger partial charge on any atom is -0.258 e. The summed E-state index contributed by atoms with van der Waals surface area (Å²) < 4.78 is 21.9. The molecule has 0 saturated heterocycles. The average molecular weight is 335 g/mol. The summed E-state index contributed by atoms with van der Waals surface area (Å²) in [5.74, 6) is 0. The first-order valence-electron chi connectivity index (χ1n) is 3.32. The Bertz CT molecular complexity index is 530. The maximum Gasteiger partial charge on any atom is 0.284 e. The van der Waals surface area contributed by atoms with Crippen molar-refractivity contribution in [3.8, 4) is 0 Å². The molecule has 0 fully saturated rings. The highest BCUT2D eigenvalue weighted by molar-refractivity contribution is 9.10. The molecule has 1 aromatic carbocycles. The van der Waals surface area contributed by atoms with Gasteiger partial charge in [-0.1, -0.05) is 11.6 Å². The van der Waals surface area contributed by atoms with Crippen molar-refractivity contribution in [2.45, 2.75) is 4.90 Å². The fourth-order valence-electron chi connectivity index (χ4n) is 0.887. The summed E-state index contributed by atoms with van der Waals surface area (Å²) in [4.78, 5) is 9.26. The normalized spacial score (nSPS) is 11.4. The van der Waals surface area contributed by atoms with Crippen LogP contribution in [0.1, 0.15) is 0 Å². The zero-order valence-corrected chi connectivity index (χ0v) is 10.7. The monoisotopic (exact) mass is 333 g/mol. The third-order valence-corrected chi connectivity index (χ3v) is 4.34. The first kappa shape index (κ1) is 12.7. The van der Waals surface area contributed by atoms with E-state index >= 15 is 0 Å². The smallest absolute Gasteiger partial charge is 0.258 e. The largest absolute Gasteiger partial charge is 0.284 e. The Morgan fingerprint density at radius 3 is 2.33 bits per heavy atom. The molecule has 5 nitrogen and oxygen atoms in total. The van der Waals surface area contributed by atoms with Crippen LogP contribution in [0.25, 0.3) is 0 Å². The summed E-state index contributed by atoms with van der Waals surface area (Å²) in [6, 6.07) is 2.18. The zero-order valence-electron chi connectivity index (χ0n) is 6.78. The maximum absolute atomic E-state index is 11.1. The van der Waals surface area contributed by atoms with Crippen LogP contribution >= 0.6 is 38.2 Å². The number of nitro groups is 1. The molecule has 0 heterocycles. The van der Waals surface area contributed by atoms with Crippen LogP contribution in [0.3, 0.4) is 0 Å². The second-order valence-electron chi connectivity index (χ2n) is 2.40. The van der Waals surface area contributed by atoms with E-state index in [0.717, 1.165) is 12.1 Å². The SMILES string of the molecule is O=[N+]([O-])c1ccc(Cl)c(S(=O)(=O)Cl)c1Br. The predicted octanol–water partition coefficient (Wildman–Crippen LogP) is 2.94. The highest BCUT2D eigenvalue weighted by Crippen LogP contribution is 2.38. The van der Waals surface area contributed by atoms with Crippen LogP contribution in [0.2, 0.25) is 5.02 Å². The van der Waals surface area contributed by atoms with Gasteiger partial charge in [-0.2, -0.15) is 0 Å². The van der Waals surface area contributed by atoms with Gasteiger partial charge in [-0.3, -0.25) is 10.1 Å². The average Bonchev–Trinajstić information content (AvgIpc) is 2.00. The molecule has 0 amide bonds. The van der Waals surface area contributed by atoms with E-state index in [2.05, 4.69) is 15.9 Å². The van der Waals surface area contributed by atoms with E-state index in [1.165, 1.54) is 0 Å². The van der Waals surface area contributed by atoms with Gasteiger partial charge in [-0.25, -0.2) is 8.42 Å². The molecule has 0 bridgehead atoms. The lowest BCUT2D eigenvalue weighted by Gasteiger charge is -2.03. The van der Waals surface area contributed by atoms with Crippen LogP contribution in [0.15, 0.2) is 21.5 Å². The Morgan fingerprint density at radius 2 is 1.93 bits per heavy atom. The first-order valence-corrected chi connectivity index (χ1v) is 6.80. The first-order chi connectivity index (χ1) is 6.75. The van der Waals surface area contributed by atoms with Crippen LogP contribution in [-0.4, -0.2) is 13.3 Å². The lowest BCUT2D eigenvalue weighted by Crippen LogP contribution is -1.98. The van der Waals surface area contributed by atoms with Crippen molar-refractivity contribution in [1.82, 2.24) is 0 Å². The van der Waals surface area contributed by atoms with E-state index in [0.29, 0.717) is 0 Å². The van der Waals surface area contributed by atoms with E-state index in [-0.39, 0.29) is 9.50 Å². The topological polar surface area (TPSA) is 77.3 Å². The minimum atomic E-state index is -4.13. The van der Waals surface area contributed by atoms with Crippen molar-refractivity contribution in [3.05, 3.63) is 31.7 Å². The molecule has 0 spiro atoms. The van der Waals surface area contributed by atoms with E-state index in [1.54, 1.807) is 0 Å². The van der Waals surface area contributed by atoms with Gasteiger partial charge in [0.1, 0.15) is 9.37 Å². The van der Waals surface area contributed by atoms with Gasteiger partial charge in [0.2, 0.25) is 0 Å². The summed E-state index contributed by atoms with van der Waals surface area (Å²) in [6.07, 6.45) is 0. The van der Waals surface area contributed by atoms with Gasteiger partial charge < -0.3 is 0 Å². The molecular weight excluding hydrogens is 333 g/mol. The van der Waals surface area contributed by atoms with E-state index < -0.39 is 24.6 Å². The number of halogens is 3. The summed E-state index contributed by atoms with van der Waals surface area (Å²) in [5, 5.41) is 10.3. The number of rotatable bonds is 2. The van der Waals surface area contributed by atoms with Gasteiger partial charge in [-0.05, 0) is 22.0 Å². The molecule has 1 rings (SSSR count). The Kier molecular flexibility index (Phi) is 3.59. The molecule has 82 valence electrons. The van der Waals surface area contributed by atoms with Crippen molar-refractivity contribution in [3.63, 3.8) is 0 Å². The van der Waals surface area contributed by atoms with Crippen molar-refractivity contribution < 1.29 is 13.3 Å². The van der Waals surface area contributed by atoms with E-state index in [4.69, 9.17) is 22.3 Å². The fourth-order valence-corrected chi connectivity index (χ4v) is 4.09. The quantitative estimate of drug-likeness (QED) is 0.473. The zero-order chi connectivity index (χ0) is 11.8. The summed E-state index contributed by atoms with van der Waals surface area (Å²) in [6.45, 7) is 0. The molecule has 9 heteroatoms. The number of benzene rings is 1. The van der Waals surface area contributed by atoms with Gasteiger partial charge in [-0.15, -0.1) is 0 Å².